The van der Waals surface area contributed by atoms with Crippen LogP contribution in [-0.4, -0.2) is 32.8 Å². The van der Waals surface area contributed by atoms with Gasteiger partial charge in [0, 0.05) is 30.7 Å². The lowest BCUT2D eigenvalue weighted by molar-refractivity contribution is 0.0814. The second-order valence-electron chi connectivity index (χ2n) is 9.15. The van der Waals surface area contributed by atoms with Crippen molar-refractivity contribution in [2.75, 3.05) is 7.05 Å². The molecule has 0 aliphatic carbocycles. The third-order valence-electron chi connectivity index (χ3n) is 6.50. The number of carbonyl (C=O) groups excluding carboxylic acids is 1. The number of carbonyl (C=O) groups is 1. The molecule has 1 aromatic heterocycles. The third kappa shape index (κ3) is 4.90. The molecular formula is C27H22F3N2O5P. The van der Waals surface area contributed by atoms with Crippen LogP contribution in [0.1, 0.15) is 38.2 Å². The predicted molar refractivity (Wildman–Crippen MR) is 133 cm³/mol. The topological polar surface area (TPSA) is 100.0 Å². The van der Waals surface area contributed by atoms with Crippen LogP contribution >= 0.6 is 7.60 Å². The Bertz CT molecular complexity index is 1610. The predicted octanol–water partition coefficient (Wildman–Crippen LogP) is 5.44. The van der Waals surface area contributed by atoms with Gasteiger partial charge in [-0.1, -0.05) is 18.2 Å². The van der Waals surface area contributed by atoms with Crippen LogP contribution in [0.5, 0.6) is 5.75 Å². The molecule has 4 aromatic rings. The van der Waals surface area contributed by atoms with Crippen LogP contribution in [0.2, 0.25) is 0 Å². The Labute approximate surface area is 215 Å². The number of phenolic OH excluding ortho intramolecular Hbond substituents is 1. The summed E-state index contributed by atoms with van der Waals surface area (Å²) in [5.41, 5.74) is 1.62. The molecule has 2 N–H and O–H groups in total. The zero-order chi connectivity index (χ0) is 27.2. The van der Waals surface area contributed by atoms with Crippen LogP contribution in [0.3, 0.4) is 0 Å². The number of benzene rings is 3. The Morgan fingerprint density at radius 1 is 1.05 bits per heavy atom. The molecule has 0 saturated heterocycles. The maximum absolute atomic E-state index is 14.0. The lowest BCUT2D eigenvalue weighted by Crippen LogP contribution is -2.17. The molecule has 5 rings (SSSR count). The fourth-order valence-electron chi connectivity index (χ4n) is 4.60. The molecule has 1 aliphatic rings. The van der Waals surface area contributed by atoms with Gasteiger partial charge in [0.15, 0.2) is 5.75 Å². The second-order valence-corrected chi connectivity index (χ2v) is 11.0. The van der Waals surface area contributed by atoms with E-state index < -0.39 is 43.5 Å². The van der Waals surface area contributed by atoms with E-state index in [1.54, 1.807) is 18.2 Å². The molecule has 1 atom stereocenters. The lowest BCUT2D eigenvalue weighted by Gasteiger charge is -2.18. The van der Waals surface area contributed by atoms with E-state index in [1.165, 1.54) is 36.3 Å². The molecule has 1 amide bonds. The molecule has 11 heteroatoms. The number of hydrogen-bond acceptors (Lipinski definition) is 5. The number of halogens is 3. The Morgan fingerprint density at radius 3 is 2.42 bits per heavy atom. The van der Waals surface area contributed by atoms with Gasteiger partial charge in [-0.2, -0.15) is 0 Å². The Kier molecular flexibility index (Phi) is 6.73. The van der Waals surface area contributed by atoms with E-state index in [0.29, 0.717) is 22.9 Å². The van der Waals surface area contributed by atoms with Crippen LogP contribution in [0.15, 0.2) is 54.7 Å². The quantitative estimate of drug-likeness (QED) is 0.302. The van der Waals surface area contributed by atoms with Crippen molar-refractivity contribution >= 4 is 24.4 Å². The number of phenols is 1. The maximum Gasteiger partial charge on any atom is 0.332 e. The van der Waals surface area contributed by atoms with Crippen LogP contribution in [-0.2, 0) is 34.8 Å². The highest BCUT2D eigenvalue weighted by Crippen LogP contribution is 2.51. The molecule has 0 radical (unpaired) electrons. The van der Waals surface area contributed by atoms with Crippen molar-refractivity contribution in [3.05, 3.63) is 106 Å². The highest BCUT2D eigenvalue weighted by Gasteiger charge is 2.35. The van der Waals surface area contributed by atoms with Crippen molar-refractivity contribution in [3.8, 4) is 5.75 Å². The van der Waals surface area contributed by atoms with Gasteiger partial charge in [-0.05, 0) is 59.0 Å². The number of hydrogen-bond donors (Lipinski definition) is 2. The van der Waals surface area contributed by atoms with Gasteiger partial charge in [0.2, 0.25) is 0 Å². The number of fused-ring (bicyclic) bond motifs is 2. The number of nitrogens with zero attached hydrogens (tertiary/aromatic N) is 2. The Balaban J connectivity index is 1.56. The zero-order valence-corrected chi connectivity index (χ0v) is 21.0. The van der Waals surface area contributed by atoms with Crippen molar-refractivity contribution in [2.45, 2.75) is 25.7 Å². The summed E-state index contributed by atoms with van der Waals surface area (Å²) in [6, 6.07) is 10.8. The molecule has 0 fully saturated rings. The molecule has 1 unspecified atom stereocenters. The minimum absolute atomic E-state index is 0.0195. The number of rotatable bonds is 7. The summed E-state index contributed by atoms with van der Waals surface area (Å²) in [5, 5.41) is 11.2. The monoisotopic (exact) mass is 542 g/mol. The summed E-state index contributed by atoms with van der Waals surface area (Å²) in [7, 11) is -2.98. The van der Waals surface area contributed by atoms with Crippen LogP contribution < -0.4 is 0 Å². The molecule has 1 aliphatic heterocycles. The maximum atomic E-state index is 14.0. The molecule has 2 heterocycles. The first-order valence-electron chi connectivity index (χ1n) is 11.6. The number of amides is 1. The van der Waals surface area contributed by atoms with E-state index in [-0.39, 0.29) is 34.8 Å². The Hall–Kier alpha value is -3.72. The fourth-order valence-corrected chi connectivity index (χ4v) is 5.79. The zero-order valence-electron chi connectivity index (χ0n) is 20.1. The van der Waals surface area contributed by atoms with Crippen LogP contribution in [0.25, 0.3) is 10.9 Å². The number of pyridine rings is 1. The second kappa shape index (κ2) is 9.87. The minimum Gasteiger partial charge on any atom is -0.505 e. The lowest BCUT2D eigenvalue weighted by atomic mass is 9.96. The average molecular weight is 542 g/mol. The third-order valence-corrected chi connectivity index (χ3v) is 7.75. The van der Waals surface area contributed by atoms with E-state index in [2.05, 4.69) is 4.98 Å². The highest BCUT2D eigenvalue weighted by molar-refractivity contribution is 7.51. The van der Waals surface area contributed by atoms with Gasteiger partial charge in [-0.15, -0.1) is 0 Å². The largest absolute Gasteiger partial charge is 0.505 e. The molecule has 38 heavy (non-hydrogen) atoms. The highest BCUT2D eigenvalue weighted by atomic mass is 31.2. The minimum atomic E-state index is -4.51. The van der Waals surface area contributed by atoms with E-state index in [9.17, 15) is 32.5 Å². The summed E-state index contributed by atoms with van der Waals surface area (Å²) < 4.78 is 59.6. The van der Waals surface area contributed by atoms with Crippen molar-refractivity contribution in [3.63, 3.8) is 0 Å². The van der Waals surface area contributed by atoms with Crippen molar-refractivity contribution in [2.24, 2.45) is 0 Å². The van der Waals surface area contributed by atoms with Crippen molar-refractivity contribution in [1.29, 1.82) is 0 Å². The first-order valence-corrected chi connectivity index (χ1v) is 13.3. The molecule has 7 nitrogen and oxygen atoms in total. The standard InChI is InChI=1S/C27H22F3N2O5P/c1-32-12-19-21(14-38(35,36)37-13-20-22(29)3-2-4-23(20)30)18-10-16(9-15-5-7-17(28)8-6-15)11-31-25(18)26(33)24(19)27(32)34/h2-8,10-11,33H,9,12-14H2,1H3,(H,35,36). The molecule has 196 valence electrons. The molecular weight excluding hydrogens is 520 g/mol. The van der Waals surface area contributed by atoms with Crippen molar-refractivity contribution in [1.82, 2.24) is 9.88 Å². The van der Waals surface area contributed by atoms with E-state index in [4.69, 9.17) is 4.52 Å². The van der Waals surface area contributed by atoms with E-state index >= 15 is 0 Å². The molecule has 0 spiro atoms. The molecule has 0 bridgehead atoms. The van der Waals surface area contributed by atoms with Gasteiger partial charge in [-0.25, -0.2) is 13.2 Å². The Morgan fingerprint density at radius 2 is 1.74 bits per heavy atom. The summed E-state index contributed by atoms with van der Waals surface area (Å²) in [6.07, 6.45) is 1.27. The number of aromatic hydroxyl groups is 1. The van der Waals surface area contributed by atoms with Crippen LogP contribution in [0, 0.1) is 17.5 Å². The smallest absolute Gasteiger partial charge is 0.332 e. The first kappa shape index (κ1) is 25.9. The molecule has 0 saturated carbocycles. The summed E-state index contributed by atoms with van der Waals surface area (Å²) in [6.45, 7) is -0.714. The normalized spacial score (nSPS) is 14.7. The van der Waals surface area contributed by atoms with Crippen LogP contribution in [0.4, 0.5) is 13.2 Å². The number of aromatic nitrogens is 1. The average Bonchev–Trinajstić information content (AvgIpc) is 3.17. The van der Waals surface area contributed by atoms with Gasteiger partial charge >= 0.3 is 7.60 Å². The summed E-state index contributed by atoms with van der Waals surface area (Å²) >= 11 is 0. The molecule has 3 aromatic carbocycles. The van der Waals surface area contributed by atoms with Gasteiger partial charge in [0.25, 0.3) is 5.91 Å². The first-order chi connectivity index (χ1) is 18.0. The summed E-state index contributed by atoms with van der Waals surface area (Å²) in [5.74, 6) is -3.02. The summed E-state index contributed by atoms with van der Waals surface area (Å²) in [4.78, 5) is 29.2. The SMILES string of the molecule is CN1Cc2c(c(O)c3ncc(Cc4ccc(F)cc4)cc3c2CP(=O)(O)OCc2c(F)cccc2F)C1=O. The van der Waals surface area contributed by atoms with Gasteiger partial charge in [0.05, 0.1) is 18.3 Å². The van der Waals surface area contributed by atoms with E-state index in [1.807, 2.05) is 0 Å². The van der Waals surface area contributed by atoms with Gasteiger partial charge in [0.1, 0.15) is 23.0 Å². The van der Waals surface area contributed by atoms with Gasteiger partial charge < -0.3 is 19.4 Å². The fraction of sp³-hybridized carbons (Fsp3) is 0.185. The van der Waals surface area contributed by atoms with Gasteiger partial charge in [-0.3, -0.25) is 14.3 Å². The van der Waals surface area contributed by atoms with Crippen molar-refractivity contribution < 1.29 is 37.1 Å². The van der Waals surface area contributed by atoms with E-state index in [0.717, 1.165) is 17.7 Å².